The molecule has 20 heavy (non-hydrogen) atoms. The summed E-state index contributed by atoms with van der Waals surface area (Å²) in [6.45, 7) is 0. The van der Waals surface area contributed by atoms with Gasteiger partial charge in [-0.2, -0.15) is 0 Å². The maximum Gasteiger partial charge on any atom is 0.170 e. The third-order valence-electron chi connectivity index (χ3n) is 2.55. The third kappa shape index (κ3) is 3.49. The molecule has 7 heteroatoms. The second-order valence-electron chi connectivity index (χ2n) is 3.87. The van der Waals surface area contributed by atoms with E-state index in [1.54, 1.807) is 18.3 Å². The van der Waals surface area contributed by atoms with Crippen LogP contribution < -0.4 is 5.73 Å². The van der Waals surface area contributed by atoms with Gasteiger partial charge in [-0.05, 0) is 39.7 Å². The van der Waals surface area contributed by atoms with Crippen LogP contribution in [0, 0.1) is 5.82 Å². The van der Waals surface area contributed by atoms with Gasteiger partial charge in [0.05, 0.1) is 0 Å². The Bertz CT molecular complexity index is 651. The number of hydrogen-bond acceptors (Lipinski definition) is 4. The molecule has 0 radical (unpaired) electrons. The van der Waals surface area contributed by atoms with Crippen molar-refractivity contribution in [1.29, 1.82) is 0 Å². The minimum absolute atomic E-state index is 0.115. The van der Waals surface area contributed by atoms with Crippen LogP contribution in [-0.4, -0.2) is 16.0 Å². The van der Waals surface area contributed by atoms with Crippen molar-refractivity contribution >= 4 is 33.5 Å². The number of halogens is 2. The molecule has 3 N–H and O–H groups in total. The molecule has 104 valence electrons. The van der Waals surface area contributed by atoms with Crippen LogP contribution in [0.1, 0.15) is 11.1 Å². The smallest absolute Gasteiger partial charge is 0.170 e. The van der Waals surface area contributed by atoms with Gasteiger partial charge in [-0.1, -0.05) is 17.3 Å². The fraction of sp³-hybridized carbons (Fsp3) is 0.0769. The molecule has 0 aliphatic carbocycles. The van der Waals surface area contributed by atoms with Crippen molar-refractivity contribution < 1.29 is 9.60 Å². The molecule has 0 aliphatic heterocycles. The van der Waals surface area contributed by atoms with E-state index < -0.39 is 5.82 Å². The first kappa shape index (κ1) is 14.8. The molecule has 0 saturated heterocycles. The fourth-order valence-electron chi connectivity index (χ4n) is 1.50. The Morgan fingerprint density at radius 1 is 1.45 bits per heavy atom. The predicted molar refractivity (Wildman–Crippen MR) is 80.4 cm³/mol. The summed E-state index contributed by atoms with van der Waals surface area (Å²) in [7, 11) is 0. The zero-order chi connectivity index (χ0) is 14.5. The average molecular weight is 356 g/mol. The Morgan fingerprint density at radius 3 is 2.90 bits per heavy atom. The number of nitrogens with two attached hydrogens (primary N) is 1. The van der Waals surface area contributed by atoms with Crippen molar-refractivity contribution in [2.45, 2.75) is 10.8 Å². The molecule has 1 heterocycles. The van der Waals surface area contributed by atoms with E-state index in [-0.39, 0.29) is 5.84 Å². The van der Waals surface area contributed by atoms with Gasteiger partial charge in [-0.25, -0.2) is 9.37 Å². The minimum Gasteiger partial charge on any atom is -0.409 e. The summed E-state index contributed by atoms with van der Waals surface area (Å²) in [6, 6.07) is 8.18. The lowest BCUT2D eigenvalue weighted by molar-refractivity contribution is 0.318. The lowest BCUT2D eigenvalue weighted by Gasteiger charge is -2.06. The number of pyridine rings is 1. The van der Waals surface area contributed by atoms with E-state index in [0.717, 1.165) is 9.50 Å². The number of oxime groups is 1. The van der Waals surface area contributed by atoms with Crippen LogP contribution >= 0.6 is 27.7 Å². The van der Waals surface area contributed by atoms with Gasteiger partial charge in [0.2, 0.25) is 0 Å². The van der Waals surface area contributed by atoms with E-state index in [0.29, 0.717) is 16.9 Å². The molecule has 1 aromatic carbocycles. The maximum atomic E-state index is 13.9. The summed E-state index contributed by atoms with van der Waals surface area (Å²) in [5.74, 6) is -0.0676. The molecule has 0 amide bonds. The van der Waals surface area contributed by atoms with E-state index in [9.17, 15) is 4.39 Å². The van der Waals surface area contributed by atoms with Crippen molar-refractivity contribution in [3.05, 3.63) is 57.9 Å². The van der Waals surface area contributed by atoms with E-state index in [1.807, 2.05) is 12.1 Å². The molecule has 0 saturated carbocycles. The quantitative estimate of drug-likeness (QED) is 0.290. The van der Waals surface area contributed by atoms with Gasteiger partial charge in [0.25, 0.3) is 0 Å². The molecule has 0 fully saturated rings. The van der Waals surface area contributed by atoms with Gasteiger partial charge >= 0.3 is 0 Å². The molecule has 4 nitrogen and oxygen atoms in total. The highest BCUT2D eigenvalue weighted by Gasteiger charge is 2.08. The Kier molecular flexibility index (Phi) is 4.97. The van der Waals surface area contributed by atoms with Gasteiger partial charge in [0.15, 0.2) is 5.84 Å². The monoisotopic (exact) mass is 355 g/mol. The zero-order valence-electron chi connectivity index (χ0n) is 10.3. The summed E-state index contributed by atoms with van der Waals surface area (Å²) in [4.78, 5) is 4.20. The normalized spacial score (nSPS) is 11.6. The average Bonchev–Trinajstić information content (AvgIpc) is 2.46. The first-order chi connectivity index (χ1) is 9.61. The topological polar surface area (TPSA) is 71.5 Å². The molecular weight excluding hydrogens is 345 g/mol. The predicted octanol–water partition coefficient (Wildman–Crippen LogP) is 3.37. The molecule has 0 bridgehead atoms. The van der Waals surface area contributed by atoms with E-state index in [2.05, 4.69) is 26.1 Å². The maximum absolute atomic E-state index is 13.9. The number of amidine groups is 1. The summed E-state index contributed by atoms with van der Waals surface area (Å²) in [5, 5.41) is 12.2. The van der Waals surface area contributed by atoms with Crippen LogP contribution in [0.4, 0.5) is 4.39 Å². The van der Waals surface area contributed by atoms with E-state index >= 15 is 0 Å². The van der Waals surface area contributed by atoms with Crippen molar-refractivity contribution in [3.8, 4) is 0 Å². The van der Waals surface area contributed by atoms with Crippen molar-refractivity contribution in [2.24, 2.45) is 10.9 Å². The minimum atomic E-state index is -0.395. The highest BCUT2D eigenvalue weighted by Crippen LogP contribution is 2.28. The fourth-order valence-corrected chi connectivity index (χ4v) is 2.97. The molecule has 2 rings (SSSR count). The van der Waals surface area contributed by atoms with Crippen molar-refractivity contribution in [1.82, 2.24) is 4.98 Å². The second kappa shape index (κ2) is 6.71. The number of benzene rings is 1. The highest BCUT2D eigenvalue weighted by atomic mass is 79.9. The number of rotatable bonds is 4. The van der Waals surface area contributed by atoms with Gasteiger partial charge in [-0.3, -0.25) is 0 Å². The Labute approximate surface area is 128 Å². The number of hydrogen-bond donors (Lipinski definition) is 2. The molecular formula is C13H11BrFN3OS. The lowest BCUT2D eigenvalue weighted by atomic mass is 10.1. The number of thioether (sulfide) groups is 1. The van der Waals surface area contributed by atoms with Crippen LogP contribution in [0.3, 0.4) is 0 Å². The van der Waals surface area contributed by atoms with Crippen LogP contribution in [0.25, 0.3) is 0 Å². The van der Waals surface area contributed by atoms with Crippen molar-refractivity contribution in [2.75, 3.05) is 0 Å². The molecule has 0 aliphatic rings. The van der Waals surface area contributed by atoms with Crippen LogP contribution in [-0.2, 0) is 5.75 Å². The molecule has 0 atom stereocenters. The van der Waals surface area contributed by atoms with Crippen LogP contribution in [0.5, 0.6) is 0 Å². The number of aromatic nitrogens is 1. The molecule has 0 unspecified atom stereocenters. The largest absolute Gasteiger partial charge is 0.409 e. The molecule has 2 aromatic rings. The summed E-state index contributed by atoms with van der Waals surface area (Å²) >= 11 is 4.82. The SMILES string of the molecule is NC(=NO)c1ccc(CSc2ncccc2Br)c(F)c1. The van der Waals surface area contributed by atoms with Gasteiger partial charge in [-0.15, -0.1) is 11.8 Å². The standard InChI is InChI=1S/C13H11BrFN3OS/c14-10-2-1-5-17-13(10)20-7-9-4-3-8(6-11(9)15)12(16)18-19/h1-6,19H,7H2,(H2,16,18). The van der Waals surface area contributed by atoms with E-state index in [1.165, 1.54) is 17.8 Å². The molecule has 1 aromatic heterocycles. The third-order valence-corrected chi connectivity index (χ3v) is 4.50. The summed E-state index contributed by atoms with van der Waals surface area (Å²) < 4.78 is 14.8. The second-order valence-corrected chi connectivity index (χ2v) is 5.69. The number of nitrogens with zero attached hydrogens (tertiary/aromatic N) is 2. The van der Waals surface area contributed by atoms with Gasteiger partial charge in [0.1, 0.15) is 10.8 Å². The summed E-state index contributed by atoms with van der Waals surface area (Å²) in [5.41, 5.74) is 6.28. The van der Waals surface area contributed by atoms with Gasteiger partial charge < -0.3 is 10.9 Å². The van der Waals surface area contributed by atoms with Crippen LogP contribution in [0.2, 0.25) is 0 Å². The first-order valence-corrected chi connectivity index (χ1v) is 7.39. The highest BCUT2D eigenvalue weighted by molar-refractivity contribution is 9.10. The zero-order valence-corrected chi connectivity index (χ0v) is 12.7. The first-order valence-electron chi connectivity index (χ1n) is 5.61. The Balaban J connectivity index is 2.13. The van der Waals surface area contributed by atoms with Crippen LogP contribution in [0.15, 0.2) is 51.2 Å². The molecule has 0 spiro atoms. The van der Waals surface area contributed by atoms with Crippen molar-refractivity contribution in [3.63, 3.8) is 0 Å². The lowest BCUT2D eigenvalue weighted by Crippen LogP contribution is -2.13. The van der Waals surface area contributed by atoms with Gasteiger partial charge in [0, 0.05) is 22.0 Å². The Hall–Kier alpha value is -1.60. The Morgan fingerprint density at radius 2 is 2.25 bits per heavy atom. The van der Waals surface area contributed by atoms with E-state index in [4.69, 9.17) is 10.9 Å². The summed E-state index contributed by atoms with van der Waals surface area (Å²) in [6.07, 6.45) is 1.69.